The largest absolute Gasteiger partial charge is 0.264 e. The molecule has 0 bridgehead atoms. The SMILES string of the molecule is c1ccc2c(c1)Cc1c-2ccc2ccncc12. The van der Waals surface area contributed by atoms with Crippen LogP contribution in [0, 0.1) is 0 Å². The number of aromatic nitrogens is 1. The van der Waals surface area contributed by atoms with Gasteiger partial charge in [-0.3, -0.25) is 4.98 Å². The molecule has 0 spiro atoms. The normalized spacial score (nSPS) is 12.5. The predicted molar refractivity (Wildman–Crippen MR) is 70.0 cm³/mol. The van der Waals surface area contributed by atoms with Gasteiger partial charge in [-0.05, 0) is 40.1 Å². The summed E-state index contributed by atoms with van der Waals surface area (Å²) in [6, 6.07) is 15.2. The molecule has 80 valence electrons. The quantitative estimate of drug-likeness (QED) is 0.436. The molecule has 3 aromatic rings. The summed E-state index contributed by atoms with van der Waals surface area (Å²) >= 11 is 0. The van der Waals surface area contributed by atoms with E-state index in [0.29, 0.717) is 0 Å². The van der Waals surface area contributed by atoms with Crippen molar-refractivity contribution in [2.75, 3.05) is 0 Å². The summed E-state index contributed by atoms with van der Waals surface area (Å²) in [6.45, 7) is 0. The predicted octanol–water partition coefficient (Wildman–Crippen LogP) is 3.81. The average Bonchev–Trinajstić information content (AvgIpc) is 2.78. The molecule has 0 atom stereocenters. The minimum absolute atomic E-state index is 1.04. The standard InChI is InChI=1S/C16H11N/c1-2-4-13-12(3-1)9-15-14(13)6-5-11-7-8-17-10-16(11)15/h1-8,10H,9H2. The number of nitrogens with zero attached hydrogens (tertiary/aromatic N) is 1. The molecule has 17 heavy (non-hydrogen) atoms. The summed E-state index contributed by atoms with van der Waals surface area (Å²) in [5.41, 5.74) is 5.62. The Balaban J connectivity index is 2.11. The van der Waals surface area contributed by atoms with E-state index >= 15 is 0 Å². The maximum atomic E-state index is 4.25. The number of hydrogen-bond acceptors (Lipinski definition) is 1. The summed E-state index contributed by atoms with van der Waals surface area (Å²) in [7, 11) is 0. The van der Waals surface area contributed by atoms with Crippen LogP contribution in [0.15, 0.2) is 54.9 Å². The average molecular weight is 217 g/mol. The van der Waals surface area contributed by atoms with Crippen molar-refractivity contribution in [1.29, 1.82) is 0 Å². The van der Waals surface area contributed by atoms with Gasteiger partial charge in [-0.25, -0.2) is 0 Å². The molecule has 4 rings (SSSR count). The number of benzene rings is 2. The molecular formula is C16H11N. The van der Waals surface area contributed by atoms with Gasteiger partial charge in [0.05, 0.1) is 0 Å². The lowest BCUT2D eigenvalue weighted by atomic mass is 10.0. The fourth-order valence-corrected chi connectivity index (χ4v) is 2.79. The first kappa shape index (κ1) is 8.94. The van der Waals surface area contributed by atoms with Gasteiger partial charge in [-0.1, -0.05) is 36.4 Å². The minimum Gasteiger partial charge on any atom is -0.264 e. The highest BCUT2D eigenvalue weighted by molar-refractivity contribution is 5.94. The van der Waals surface area contributed by atoms with Crippen LogP contribution in [0.1, 0.15) is 11.1 Å². The van der Waals surface area contributed by atoms with Gasteiger partial charge in [0.15, 0.2) is 0 Å². The summed E-state index contributed by atoms with van der Waals surface area (Å²) in [5.74, 6) is 0. The Labute approximate surface area is 99.7 Å². The second-order valence-corrected chi connectivity index (χ2v) is 4.52. The van der Waals surface area contributed by atoms with Crippen LogP contribution in [0.5, 0.6) is 0 Å². The van der Waals surface area contributed by atoms with Gasteiger partial charge in [0, 0.05) is 17.8 Å². The van der Waals surface area contributed by atoms with Crippen LogP contribution in [0.2, 0.25) is 0 Å². The molecular weight excluding hydrogens is 206 g/mol. The van der Waals surface area contributed by atoms with Gasteiger partial charge in [0.1, 0.15) is 0 Å². The van der Waals surface area contributed by atoms with E-state index in [0.717, 1.165) is 6.42 Å². The molecule has 0 aliphatic heterocycles. The van der Waals surface area contributed by atoms with E-state index in [2.05, 4.69) is 47.4 Å². The van der Waals surface area contributed by atoms with Crippen LogP contribution in [0.25, 0.3) is 21.9 Å². The number of rotatable bonds is 0. The third kappa shape index (κ3) is 1.17. The number of hydrogen-bond donors (Lipinski definition) is 0. The zero-order valence-electron chi connectivity index (χ0n) is 9.35. The van der Waals surface area contributed by atoms with Gasteiger partial charge in [0.2, 0.25) is 0 Å². The van der Waals surface area contributed by atoms with Crippen molar-refractivity contribution >= 4 is 10.8 Å². The van der Waals surface area contributed by atoms with Crippen LogP contribution >= 0.6 is 0 Å². The van der Waals surface area contributed by atoms with Crippen molar-refractivity contribution in [3.63, 3.8) is 0 Å². The zero-order chi connectivity index (χ0) is 11.2. The zero-order valence-corrected chi connectivity index (χ0v) is 9.35. The molecule has 1 aliphatic rings. The second-order valence-electron chi connectivity index (χ2n) is 4.52. The van der Waals surface area contributed by atoms with E-state index < -0.39 is 0 Å². The first-order valence-electron chi connectivity index (χ1n) is 5.87. The first-order chi connectivity index (χ1) is 8.43. The maximum Gasteiger partial charge on any atom is 0.0349 e. The van der Waals surface area contributed by atoms with Crippen molar-refractivity contribution in [2.24, 2.45) is 0 Å². The lowest BCUT2D eigenvalue weighted by Gasteiger charge is -2.04. The van der Waals surface area contributed by atoms with Crippen LogP contribution in [-0.4, -0.2) is 4.98 Å². The van der Waals surface area contributed by atoms with Crippen molar-refractivity contribution < 1.29 is 0 Å². The Morgan fingerprint density at radius 1 is 0.882 bits per heavy atom. The van der Waals surface area contributed by atoms with Crippen LogP contribution in [0.4, 0.5) is 0 Å². The number of pyridine rings is 1. The molecule has 1 heteroatoms. The monoisotopic (exact) mass is 217 g/mol. The molecule has 0 unspecified atom stereocenters. The van der Waals surface area contributed by atoms with E-state index in [1.54, 1.807) is 0 Å². The summed E-state index contributed by atoms with van der Waals surface area (Å²) in [6.07, 6.45) is 4.88. The van der Waals surface area contributed by atoms with Crippen molar-refractivity contribution in [1.82, 2.24) is 4.98 Å². The molecule has 0 amide bonds. The highest BCUT2D eigenvalue weighted by Crippen LogP contribution is 2.39. The molecule has 0 N–H and O–H groups in total. The Morgan fingerprint density at radius 2 is 1.82 bits per heavy atom. The molecule has 1 heterocycles. The van der Waals surface area contributed by atoms with Crippen LogP contribution < -0.4 is 0 Å². The first-order valence-corrected chi connectivity index (χ1v) is 5.87. The van der Waals surface area contributed by atoms with Crippen molar-refractivity contribution in [2.45, 2.75) is 6.42 Å². The third-order valence-electron chi connectivity index (χ3n) is 3.61. The fraction of sp³-hybridized carbons (Fsp3) is 0.0625. The van der Waals surface area contributed by atoms with Gasteiger partial charge in [-0.2, -0.15) is 0 Å². The molecule has 1 aromatic heterocycles. The second kappa shape index (κ2) is 3.17. The summed E-state index contributed by atoms with van der Waals surface area (Å²) < 4.78 is 0. The molecule has 0 fully saturated rings. The molecule has 0 radical (unpaired) electrons. The van der Waals surface area contributed by atoms with E-state index in [9.17, 15) is 0 Å². The van der Waals surface area contributed by atoms with E-state index in [1.165, 1.54) is 33.0 Å². The van der Waals surface area contributed by atoms with Gasteiger partial charge < -0.3 is 0 Å². The van der Waals surface area contributed by atoms with E-state index in [-0.39, 0.29) is 0 Å². The lowest BCUT2D eigenvalue weighted by molar-refractivity contribution is 1.27. The van der Waals surface area contributed by atoms with Crippen molar-refractivity contribution in [3.8, 4) is 11.1 Å². The molecule has 1 nitrogen and oxygen atoms in total. The Morgan fingerprint density at radius 3 is 2.82 bits per heavy atom. The summed E-state index contributed by atoms with van der Waals surface area (Å²) in [5, 5.41) is 2.58. The molecule has 0 saturated carbocycles. The van der Waals surface area contributed by atoms with E-state index in [4.69, 9.17) is 0 Å². The number of fused-ring (bicyclic) bond motifs is 5. The van der Waals surface area contributed by atoms with E-state index in [1.807, 2.05) is 12.4 Å². The third-order valence-corrected chi connectivity index (χ3v) is 3.61. The highest BCUT2D eigenvalue weighted by atomic mass is 14.6. The lowest BCUT2D eigenvalue weighted by Crippen LogP contribution is -1.84. The fourth-order valence-electron chi connectivity index (χ4n) is 2.79. The van der Waals surface area contributed by atoms with Gasteiger partial charge in [0.25, 0.3) is 0 Å². The van der Waals surface area contributed by atoms with Crippen LogP contribution in [-0.2, 0) is 6.42 Å². The topological polar surface area (TPSA) is 12.9 Å². The minimum atomic E-state index is 1.04. The Kier molecular flexibility index (Phi) is 1.67. The maximum absolute atomic E-state index is 4.25. The Bertz CT molecular complexity index is 728. The highest BCUT2D eigenvalue weighted by Gasteiger charge is 2.19. The van der Waals surface area contributed by atoms with Gasteiger partial charge in [-0.15, -0.1) is 0 Å². The molecule has 2 aromatic carbocycles. The smallest absolute Gasteiger partial charge is 0.0349 e. The summed E-state index contributed by atoms with van der Waals surface area (Å²) in [4.78, 5) is 4.25. The van der Waals surface area contributed by atoms with Crippen molar-refractivity contribution in [3.05, 3.63) is 66.0 Å². The van der Waals surface area contributed by atoms with Crippen LogP contribution in [0.3, 0.4) is 0 Å². The molecule has 0 saturated heterocycles. The molecule has 1 aliphatic carbocycles. The Hall–Kier alpha value is -2.15. The van der Waals surface area contributed by atoms with Gasteiger partial charge >= 0.3 is 0 Å².